The molecule has 2 aliphatic heterocycles. The molecule has 25 nitrogen and oxygen atoms in total. The maximum absolute atomic E-state index is 13.2. The van der Waals surface area contributed by atoms with Gasteiger partial charge in [0.05, 0.1) is 51.2 Å². The normalized spacial score (nSPS) is 16.2. The van der Waals surface area contributed by atoms with Crippen LogP contribution in [-0.2, 0) is 29.8 Å². The van der Waals surface area contributed by atoms with E-state index in [1.54, 1.807) is 62.4 Å². The number of rotatable bonds is 14. The summed E-state index contributed by atoms with van der Waals surface area (Å²) in [7, 11) is -10.1. The van der Waals surface area contributed by atoms with Gasteiger partial charge in [0.25, 0.3) is 49.9 Å². The third-order valence-corrected chi connectivity index (χ3v) is 12.5. The van der Waals surface area contributed by atoms with E-state index in [0.717, 1.165) is 24.3 Å². The lowest BCUT2D eigenvalue weighted by atomic mass is 10.2. The Labute approximate surface area is 420 Å². The largest absolute Gasteiger partial charge is 0.480 e. The van der Waals surface area contributed by atoms with E-state index in [9.17, 15) is 50.2 Å². The molecule has 2 unspecified atom stereocenters. The fraction of sp³-hybridized carbons (Fsp3) is 0.0851. The summed E-state index contributed by atoms with van der Waals surface area (Å²) in [6, 6.07) is 27.7. The van der Waals surface area contributed by atoms with Crippen LogP contribution in [0.25, 0.3) is 0 Å². The number of nitrogens with zero attached hydrogens (tertiary/aromatic N) is 9. The van der Waals surface area contributed by atoms with Gasteiger partial charge in [0.2, 0.25) is 0 Å². The van der Waals surface area contributed by atoms with Gasteiger partial charge in [-0.3, -0.25) is 28.3 Å². The maximum atomic E-state index is 13.2. The highest BCUT2D eigenvalue weighted by Crippen LogP contribution is 2.31. The molecule has 6 aromatic carbocycles. The summed E-state index contributed by atoms with van der Waals surface area (Å²) in [4.78, 5) is 54.7. The second-order valence-corrected chi connectivity index (χ2v) is 18.9. The number of hydrogen-bond acceptors (Lipinski definition) is 17. The summed E-state index contributed by atoms with van der Waals surface area (Å²) in [5, 5.41) is 45.2. The maximum Gasteiger partial charge on any atom is 0.296 e. The van der Waals surface area contributed by atoms with E-state index in [1.165, 1.54) is 70.7 Å². The SMILES string of the molecule is CC1=NN(c2cccc(N)c2)C(=O)C1N=Nc1ccc(C(=O)Nc2ccc(N=C(O)Nc3ccc(NC(=O)c4ccc(N=NC5C(=O)N(c6cccc(N)c6)N=C5C)cc4)c(S(=O)(=O)O)c3)cc2S(=O)(=O)O)cc1. The van der Waals surface area contributed by atoms with Crippen molar-refractivity contribution in [3.8, 4) is 0 Å². The van der Waals surface area contributed by atoms with Crippen molar-refractivity contribution >= 4 is 118 Å². The predicted molar refractivity (Wildman–Crippen MR) is 274 cm³/mol. The first kappa shape index (κ1) is 50.8. The number of nitrogens with two attached hydrogens (primary N) is 2. The molecule has 0 saturated heterocycles. The Morgan fingerprint density at radius 1 is 0.568 bits per heavy atom. The number of amides is 4. The first-order valence-corrected chi connectivity index (χ1v) is 24.4. The molecular formula is C47H40N14O11S2. The van der Waals surface area contributed by atoms with Crippen LogP contribution in [0.15, 0.2) is 179 Å². The van der Waals surface area contributed by atoms with Crippen molar-refractivity contribution in [1.82, 2.24) is 0 Å². The lowest BCUT2D eigenvalue weighted by Gasteiger charge is -2.13. The molecule has 0 radical (unpaired) electrons. The van der Waals surface area contributed by atoms with Crippen molar-refractivity contribution in [2.45, 2.75) is 35.7 Å². The molecule has 2 aliphatic rings. The lowest BCUT2D eigenvalue weighted by molar-refractivity contribution is -0.118. The molecule has 0 fully saturated rings. The predicted octanol–water partition coefficient (Wildman–Crippen LogP) is 7.26. The second-order valence-electron chi connectivity index (χ2n) is 16.1. The number of azo groups is 2. The molecule has 376 valence electrons. The van der Waals surface area contributed by atoms with Crippen LogP contribution in [0.3, 0.4) is 0 Å². The highest BCUT2D eigenvalue weighted by atomic mass is 32.2. The Balaban J connectivity index is 0.893. The third kappa shape index (κ3) is 11.6. The monoisotopic (exact) mass is 1040 g/mol. The van der Waals surface area contributed by atoms with Gasteiger partial charge >= 0.3 is 0 Å². The Kier molecular flexibility index (Phi) is 14.2. The minimum Gasteiger partial charge on any atom is -0.480 e. The van der Waals surface area contributed by atoms with Crippen molar-refractivity contribution < 1.29 is 50.2 Å². The number of hydrazone groups is 2. The lowest BCUT2D eigenvalue weighted by Crippen LogP contribution is -2.29. The van der Waals surface area contributed by atoms with Crippen molar-refractivity contribution in [1.29, 1.82) is 0 Å². The van der Waals surface area contributed by atoms with Crippen LogP contribution in [-0.4, -0.2) is 84.2 Å². The number of carbonyl (C=O) groups is 4. The number of aliphatic hydroxyl groups excluding tert-OH is 1. The van der Waals surface area contributed by atoms with Gasteiger partial charge in [0.15, 0.2) is 12.1 Å². The fourth-order valence-electron chi connectivity index (χ4n) is 7.15. The van der Waals surface area contributed by atoms with Crippen molar-refractivity contribution in [3.63, 3.8) is 0 Å². The van der Waals surface area contributed by atoms with Crippen molar-refractivity contribution in [2.75, 3.05) is 37.4 Å². The van der Waals surface area contributed by atoms with Crippen LogP contribution in [0.4, 0.5) is 56.9 Å². The van der Waals surface area contributed by atoms with Gasteiger partial charge < -0.3 is 32.5 Å². The first-order chi connectivity index (χ1) is 35.1. The standard InChI is InChI=1S/C47H40N14O11S2/c1-25-41(45(64)60(58-25)35-7-3-5-29(48)21-35)56-54-31-13-9-27(10-14-31)43(62)52-37-19-17-33(23-39(37)73(67,68)69)50-47(66)51-34-18-20-38(40(24-34)74(70,71)72)53-44(63)28-11-15-32(16-12-28)55-57-42-26(2)59-61(46(42)65)36-8-4-6-30(49)22-36/h3-24,41-42H,48-49H2,1-2H3,(H,52,62)(H,53,63)(H2,50,51,66)(H,67,68,69)(H,70,71,72). The molecule has 27 heteroatoms. The Bertz CT molecular complexity index is 3660. The van der Waals surface area contributed by atoms with Crippen LogP contribution in [0.1, 0.15) is 34.6 Å². The molecule has 6 aromatic rings. The van der Waals surface area contributed by atoms with E-state index in [1.807, 2.05) is 0 Å². The average Bonchev–Trinajstić information content (AvgIpc) is 3.81. The summed E-state index contributed by atoms with van der Waals surface area (Å²) >= 11 is 0. The van der Waals surface area contributed by atoms with E-state index in [2.05, 4.69) is 51.6 Å². The fourth-order valence-corrected chi connectivity index (χ4v) is 8.49. The Hall–Kier alpha value is -9.57. The number of benzene rings is 6. The van der Waals surface area contributed by atoms with E-state index < -0.39 is 71.8 Å². The molecule has 0 aromatic heterocycles. The summed E-state index contributed by atoms with van der Waals surface area (Å²) in [6.45, 7) is 3.24. The number of aliphatic hydroxyl groups is 1. The van der Waals surface area contributed by atoms with Crippen molar-refractivity contribution in [2.24, 2.45) is 35.7 Å². The van der Waals surface area contributed by atoms with Gasteiger partial charge in [0.1, 0.15) is 9.79 Å². The number of aliphatic imine (C=N–C) groups is 1. The summed E-state index contributed by atoms with van der Waals surface area (Å²) < 4.78 is 70.0. The highest BCUT2D eigenvalue weighted by Gasteiger charge is 2.36. The van der Waals surface area contributed by atoms with E-state index in [0.29, 0.717) is 34.2 Å². The molecule has 2 heterocycles. The number of nitrogen functional groups attached to an aromatic ring is 2. The van der Waals surface area contributed by atoms with Crippen LogP contribution >= 0.6 is 0 Å². The van der Waals surface area contributed by atoms with Crippen molar-refractivity contribution in [3.05, 3.63) is 145 Å². The van der Waals surface area contributed by atoms with Gasteiger partial charge in [-0.2, -0.15) is 62.5 Å². The van der Waals surface area contributed by atoms with E-state index >= 15 is 0 Å². The Morgan fingerprint density at radius 3 is 1.42 bits per heavy atom. The van der Waals surface area contributed by atoms with Gasteiger partial charge in [-0.05, 0) is 135 Å². The number of amidine groups is 1. The van der Waals surface area contributed by atoms with Crippen LogP contribution < -0.4 is 37.4 Å². The summed E-state index contributed by atoms with van der Waals surface area (Å²) in [5.41, 5.74) is 13.7. The molecule has 8 rings (SSSR count). The minimum absolute atomic E-state index is 0.0365. The molecule has 74 heavy (non-hydrogen) atoms. The molecule has 0 saturated carbocycles. The summed E-state index contributed by atoms with van der Waals surface area (Å²) in [5.74, 6) is -2.50. The molecular weight excluding hydrogens is 1000 g/mol. The average molecular weight is 1040 g/mol. The van der Waals surface area contributed by atoms with E-state index in [4.69, 9.17) is 11.5 Å². The summed E-state index contributed by atoms with van der Waals surface area (Å²) in [6.07, 6.45) is 0. The zero-order valence-corrected chi connectivity index (χ0v) is 40.1. The van der Waals surface area contributed by atoms with Crippen LogP contribution in [0, 0.1) is 0 Å². The topological polar surface area (TPSA) is 378 Å². The smallest absolute Gasteiger partial charge is 0.296 e. The third-order valence-electron chi connectivity index (χ3n) is 10.7. The number of carbonyl (C=O) groups excluding carboxylic acids is 4. The molecule has 2 atom stereocenters. The second kappa shape index (κ2) is 20.6. The van der Waals surface area contributed by atoms with Gasteiger partial charge in [-0.15, -0.1) is 0 Å². The number of nitrogens with one attached hydrogen (secondary N) is 3. The van der Waals surface area contributed by atoms with Gasteiger partial charge in [-0.25, -0.2) is 0 Å². The van der Waals surface area contributed by atoms with Crippen LogP contribution in [0.2, 0.25) is 0 Å². The molecule has 0 aliphatic carbocycles. The van der Waals surface area contributed by atoms with Crippen LogP contribution in [0.5, 0.6) is 0 Å². The number of hydrogen-bond donors (Lipinski definition) is 8. The zero-order valence-electron chi connectivity index (χ0n) is 38.5. The molecule has 10 N–H and O–H groups in total. The van der Waals surface area contributed by atoms with Gasteiger partial charge in [-0.1, -0.05) is 12.1 Å². The first-order valence-electron chi connectivity index (χ1n) is 21.5. The molecule has 4 amide bonds. The van der Waals surface area contributed by atoms with E-state index in [-0.39, 0.29) is 45.3 Å². The highest BCUT2D eigenvalue weighted by molar-refractivity contribution is 7.86. The minimum atomic E-state index is -5.03. The molecule has 0 bridgehead atoms. The Morgan fingerprint density at radius 2 is 0.986 bits per heavy atom. The molecule has 0 spiro atoms. The van der Waals surface area contributed by atoms with Gasteiger partial charge in [0, 0.05) is 28.2 Å². The quantitative estimate of drug-likeness (QED) is 0.0175. The number of anilines is 7. The zero-order chi connectivity index (χ0) is 53.1.